The third-order valence-corrected chi connectivity index (χ3v) is 3.78. The van der Waals surface area contributed by atoms with Crippen LogP contribution in [0.4, 0.5) is 13.2 Å². The summed E-state index contributed by atoms with van der Waals surface area (Å²) in [5.41, 5.74) is 0.0641. The average Bonchev–Trinajstić information content (AvgIpc) is 2.94. The molecule has 136 valence electrons. The van der Waals surface area contributed by atoms with E-state index in [1.165, 1.54) is 19.4 Å². The normalized spacial score (nSPS) is 11.4. The molecule has 0 amide bonds. The number of unbranched alkanes of at least 4 members (excludes halogenated alkanes) is 2. The molecule has 0 radical (unpaired) electrons. The van der Waals surface area contributed by atoms with Crippen molar-refractivity contribution in [2.75, 3.05) is 13.7 Å². The summed E-state index contributed by atoms with van der Waals surface area (Å²) >= 11 is 0. The molecule has 0 fully saturated rings. The van der Waals surface area contributed by atoms with Gasteiger partial charge < -0.3 is 9.47 Å². The fourth-order valence-electron chi connectivity index (χ4n) is 2.42. The summed E-state index contributed by atoms with van der Waals surface area (Å²) in [6.45, 7) is 4.14. The molecule has 0 aliphatic heterocycles. The second-order valence-electron chi connectivity index (χ2n) is 5.53. The molecule has 0 saturated heterocycles. The molecule has 2 aromatic rings. The van der Waals surface area contributed by atoms with Gasteiger partial charge in [-0.05, 0) is 37.5 Å². The van der Waals surface area contributed by atoms with Crippen molar-refractivity contribution in [3.8, 4) is 23.0 Å². The first kappa shape index (κ1) is 18.9. The summed E-state index contributed by atoms with van der Waals surface area (Å²) in [4.78, 5) is 4.16. The van der Waals surface area contributed by atoms with Crippen LogP contribution in [0.25, 0.3) is 11.3 Å². The van der Waals surface area contributed by atoms with E-state index in [0.717, 1.165) is 31.4 Å². The van der Waals surface area contributed by atoms with Crippen molar-refractivity contribution < 1.29 is 22.6 Å². The summed E-state index contributed by atoms with van der Waals surface area (Å²) < 4.78 is 51.4. The van der Waals surface area contributed by atoms with E-state index in [-0.39, 0.29) is 0 Å². The van der Waals surface area contributed by atoms with Crippen LogP contribution in [0.1, 0.15) is 24.8 Å². The van der Waals surface area contributed by atoms with E-state index in [1.807, 2.05) is 6.08 Å². The summed E-state index contributed by atoms with van der Waals surface area (Å²) in [5.74, 6) is 0.341. The Morgan fingerprint density at radius 1 is 1.28 bits per heavy atom. The highest BCUT2D eigenvalue weighted by Gasteiger charge is 2.31. The second kappa shape index (κ2) is 8.09. The van der Waals surface area contributed by atoms with Gasteiger partial charge in [0.1, 0.15) is 5.75 Å². The smallest absolute Gasteiger partial charge is 0.416 e. The van der Waals surface area contributed by atoms with Crippen LogP contribution in [0.5, 0.6) is 11.8 Å². The van der Waals surface area contributed by atoms with Crippen molar-refractivity contribution in [2.24, 2.45) is 7.05 Å². The third-order valence-electron chi connectivity index (χ3n) is 3.78. The van der Waals surface area contributed by atoms with Crippen LogP contribution in [0.15, 0.2) is 37.1 Å². The largest absolute Gasteiger partial charge is 0.496 e. The highest BCUT2D eigenvalue weighted by molar-refractivity contribution is 5.69. The van der Waals surface area contributed by atoms with E-state index in [9.17, 15) is 13.2 Å². The van der Waals surface area contributed by atoms with Gasteiger partial charge in [0.15, 0.2) is 0 Å². The Balaban J connectivity index is 2.25. The van der Waals surface area contributed by atoms with E-state index >= 15 is 0 Å². The first-order valence-corrected chi connectivity index (χ1v) is 7.89. The number of hydrogen-bond donors (Lipinski definition) is 0. The molecule has 0 aliphatic carbocycles. The molecule has 0 N–H and O–H groups in total. The third kappa shape index (κ3) is 4.55. The van der Waals surface area contributed by atoms with Gasteiger partial charge in [0, 0.05) is 12.6 Å². The Labute approximate surface area is 144 Å². The lowest BCUT2D eigenvalue weighted by Crippen LogP contribution is -2.06. The van der Waals surface area contributed by atoms with Crippen LogP contribution in [0.3, 0.4) is 0 Å². The quantitative estimate of drug-likeness (QED) is 0.502. The van der Waals surface area contributed by atoms with Crippen LogP contribution < -0.4 is 9.47 Å². The Hall–Kier alpha value is -2.44. The Morgan fingerprint density at radius 2 is 2.04 bits per heavy atom. The highest BCUT2D eigenvalue weighted by Crippen LogP contribution is 2.37. The molecular formula is C18H21F3N2O2. The highest BCUT2D eigenvalue weighted by atomic mass is 19.4. The van der Waals surface area contributed by atoms with Gasteiger partial charge in [-0.15, -0.1) is 6.58 Å². The van der Waals surface area contributed by atoms with Crippen LogP contribution >= 0.6 is 0 Å². The monoisotopic (exact) mass is 354 g/mol. The van der Waals surface area contributed by atoms with Gasteiger partial charge in [-0.3, -0.25) is 4.57 Å². The molecule has 0 spiro atoms. The minimum Gasteiger partial charge on any atom is -0.496 e. The molecule has 0 unspecified atom stereocenters. The Bertz CT molecular complexity index is 724. The molecule has 1 heterocycles. The van der Waals surface area contributed by atoms with Crippen molar-refractivity contribution in [1.82, 2.24) is 9.55 Å². The van der Waals surface area contributed by atoms with Gasteiger partial charge >= 0.3 is 6.18 Å². The average molecular weight is 354 g/mol. The summed E-state index contributed by atoms with van der Waals surface area (Å²) in [6.07, 6.45) is 1.62. The maximum absolute atomic E-state index is 13.0. The zero-order chi connectivity index (χ0) is 18.4. The van der Waals surface area contributed by atoms with Crippen molar-refractivity contribution >= 4 is 0 Å². The number of benzene rings is 1. The predicted octanol–water partition coefficient (Wildman–Crippen LogP) is 4.85. The topological polar surface area (TPSA) is 36.3 Å². The van der Waals surface area contributed by atoms with Gasteiger partial charge in [-0.25, -0.2) is 4.98 Å². The maximum atomic E-state index is 13.0. The maximum Gasteiger partial charge on any atom is 0.416 e. The van der Waals surface area contributed by atoms with Crippen LogP contribution in [-0.2, 0) is 13.2 Å². The number of rotatable bonds is 8. The van der Waals surface area contributed by atoms with Gasteiger partial charge in [0.2, 0.25) is 0 Å². The summed E-state index contributed by atoms with van der Waals surface area (Å²) in [6, 6.07) is 3.72. The second-order valence-corrected chi connectivity index (χ2v) is 5.53. The Kier molecular flexibility index (Phi) is 6.12. The molecule has 2 rings (SSSR count). The molecule has 0 saturated carbocycles. The number of ether oxygens (including phenoxy) is 2. The van der Waals surface area contributed by atoms with Gasteiger partial charge in [0.25, 0.3) is 6.01 Å². The Morgan fingerprint density at radius 3 is 2.68 bits per heavy atom. The van der Waals surface area contributed by atoms with E-state index in [1.54, 1.807) is 11.6 Å². The molecule has 0 bridgehead atoms. The molecule has 0 atom stereocenters. The first-order chi connectivity index (χ1) is 11.9. The number of nitrogens with zero attached hydrogens (tertiary/aromatic N) is 2. The zero-order valence-corrected chi connectivity index (χ0v) is 14.3. The number of halogens is 3. The van der Waals surface area contributed by atoms with Crippen molar-refractivity contribution in [3.05, 3.63) is 42.6 Å². The number of methoxy groups -OCH3 is 1. The first-order valence-electron chi connectivity index (χ1n) is 7.89. The molecule has 25 heavy (non-hydrogen) atoms. The zero-order valence-electron chi connectivity index (χ0n) is 14.3. The fourth-order valence-corrected chi connectivity index (χ4v) is 2.42. The number of hydrogen-bond acceptors (Lipinski definition) is 3. The van der Waals surface area contributed by atoms with Crippen molar-refractivity contribution in [1.29, 1.82) is 0 Å². The van der Waals surface area contributed by atoms with E-state index in [2.05, 4.69) is 11.6 Å². The molecule has 1 aromatic heterocycles. The molecule has 7 heteroatoms. The van der Waals surface area contributed by atoms with Gasteiger partial charge in [-0.1, -0.05) is 6.08 Å². The van der Waals surface area contributed by atoms with E-state index in [0.29, 0.717) is 29.6 Å². The van der Waals surface area contributed by atoms with Crippen LogP contribution in [-0.4, -0.2) is 23.3 Å². The van der Waals surface area contributed by atoms with E-state index in [4.69, 9.17) is 9.47 Å². The minimum absolute atomic E-state index is 0.314. The lowest BCUT2D eigenvalue weighted by Gasteiger charge is -2.13. The molecule has 0 aliphatic rings. The summed E-state index contributed by atoms with van der Waals surface area (Å²) in [5, 5.41) is 0. The van der Waals surface area contributed by atoms with Gasteiger partial charge in [-0.2, -0.15) is 13.2 Å². The molecular weight excluding hydrogens is 333 g/mol. The number of aromatic nitrogens is 2. The van der Waals surface area contributed by atoms with Crippen LogP contribution in [0, 0.1) is 0 Å². The van der Waals surface area contributed by atoms with Crippen molar-refractivity contribution in [3.63, 3.8) is 0 Å². The van der Waals surface area contributed by atoms with Crippen LogP contribution in [0.2, 0.25) is 0 Å². The van der Waals surface area contributed by atoms with E-state index < -0.39 is 11.7 Å². The fraction of sp³-hybridized carbons (Fsp3) is 0.389. The van der Waals surface area contributed by atoms with Gasteiger partial charge in [0.05, 0.1) is 31.2 Å². The van der Waals surface area contributed by atoms with Crippen molar-refractivity contribution in [2.45, 2.75) is 25.4 Å². The number of alkyl halides is 3. The lowest BCUT2D eigenvalue weighted by atomic mass is 10.1. The minimum atomic E-state index is -4.43. The number of allylic oxidation sites excluding steroid dienone is 1. The standard InChI is InChI=1S/C18H21F3N2O2/c1-4-5-6-7-10-25-17-22-12-15(23(17)2)14-11-13(18(19,20)21)8-9-16(14)24-3/h4,8-9,11-12H,1,5-7,10H2,2-3H3. The lowest BCUT2D eigenvalue weighted by molar-refractivity contribution is -0.137. The predicted molar refractivity (Wildman–Crippen MR) is 89.7 cm³/mol. The number of imidazole rings is 1. The molecule has 4 nitrogen and oxygen atoms in total. The molecule has 1 aromatic carbocycles. The summed E-state index contributed by atoms with van der Waals surface area (Å²) in [7, 11) is 3.11. The SMILES string of the molecule is C=CCCCCOc1ncc(-c2cc(C(F)(F)F)ccc2OC)n1C.